The normalized spacial score (nSPS) is 18.6. The molecule has 1 aliphatic heterocycles. The van der Waals surface area contributed by atoms with E-state index in [-0.39, 0.29) is 24.7 Å². The quantitative estimate of drug-likeness (QED) is 0.750. The number of ether oxygens (including phenoxy) is 1. The molecule has 1 N–H and O–H groups in total. The number of sulfonamides is 1. The van der Waals surface area contributed by atoms with Gasteiger partial charge in [0.1, 0.15) is 4.90 Å². The van der Waals surface area contributed by atoms with Gasteiger partial charge in [-0.1, -0.05) is 42.5 Å². The maximum Gasteiger partial charge on any atom is 0.245 e. The monoisotopic (exact) mass is 384 g/mol. The van der Waals surface area contributed by atoms with Gasteiger partial charge in [-0.2, -0.15) is 4.31 Å². The number of hydrogen-bond donors (Lipinski definition) is 1. The molecule has 1 atom stereocenters. The number of para-hydroxylation sites is 1. The average molecular weight is 384 g/mol. The van der Waals surface area contributed by atoms with Crippen molar-refractivity contribution in [2.45, 2.75) is 24.1 Å². The number of aliphatic hydroxyl groups is 1. The third kappa shape index (κ3) is 3.35. The van der Waals surface area contributed by atoms with Crippen LogP contribution in [0.5, 0.6) is 0 Å². The summed E-state index contributed by atoms with van der Waals surface area (Å²) in [6.07, 6.45) is 1.58. The Kier molecular flexibility index (Phi) is 4.92. The van der Waals surface area contributed by atoms with Crippen molar-refractivity contribution >= 4 is 20.9 Å². The first kappa shape index (κ1) is 18.1. The van der Waals surface area contributed by atoms with E-state index in [4.69, 9.17) is 4.74 Å². The van der Waals surface area contributed by atoms with Crippen molar-refractivity contribution in [1.82, 2.24) is 9.29 Å². The van der Waals surface area contributed by atoms with Crippen LogP contribution >= 0.6 is 0 Å². The summed E-state index contributed by atoms with van der Waals surface area (Å²) < 4.78 is 34.1. The van der Waals surface area contributed by atoms with Gasteiger partial charge in [0.15, 0.2) is 0 Å². The van der Waals surface area contributed by atoms with Crippen molar-refractivity contribution in [2.24, 2.45) is 0 Å². The SMILES string of the molecule is O=S(=O)(c1cccc2cccnc12)N1Cc2ccccc2COC[C@H]1CO. The summed E-state index contributed by atoms with van der Waals surface area (Å²) in [5.41, 5.74) is 2.24. The molecule has 0 saturated heterocycles. The molecule has 2 aromatic carbocycles. The predicted molar refractivity (Wildman–Crippen MR) is 101 cm³/mol. The molecule has 4 rings (SSSR count). The van der Waals surface area contributed by atoms with Crippen LogP contribution in [-0.2, 0) is 27.9 Å². The first-order valence-electron chi connectivity index (χ1n) is 8.72. The van der Waals surface area contributed by atoms with Crippen LogP contribution in [0.1, 0.15) is 11.1 Å². The van der Waals surface area contributed by atoms with Crippen LogP contribution in [0.2, 0.25) is 0 Å². The van der Waals surface area contributed by atoms with Gasteiger partial charge in [0, 0.05) is 18.1 Å². The molecule has 140 valence electrons. The van der Waals surface area contributed by atoms with Crippen molar-refractivity contribution < 1.29 is 18.3 Å². The molecule has 6 nitrogen and oxygen atoms in total. The number of pyridine rings is 1. The third-order valence-corrected chi connectivity index (χ3v) is 6.74. The number of nitrogens with zero attached hydrogens (tertiary/aromatic N) is 2. The summed E-state index contributed by atoms with van der Waals surface area (Å²) in [6, 6.07) is 15.6. The van der Waals surface area contributed by atoms with Crippen LogP contribution in [0, 0.1) is 0 Å². The Balaban J connectivity index is 1.85. The summed E-state index contributed by atoms with van der Waals surface area (Å²) in [7, 11) is -3.90. The van der Waals surface area contributed by atoms with Gasteiger partial charge in [0.25, 0.3) is 0 Å². The van der Waals surface area contributed by atoms with E-state index in [9.17, 15) is 13.5 Å². The van der Waals surface area contributed by atoms with Crippen molar-refractivity contribution in [3.05, 3.63) is 71.9 Å². The van der Waals surface area contributed by atoms with Crippen molar-refractivity contribution in [3.63, 3.8) is 0 Å². The number of rotatable bonds is 3. The standard InChI is InChI=1S/C20H20N2O4S/c23-12-18-14-26-13-17-6-2-1-5-16(17)11-22(18)27(24,25)19-9-3-7-15-8-4-10-21-20(15)19/h1-10,18,23H,11-14H2/t18-/m1/s1. The molecule has 0 spiro atoms. The Morgan fingerprint density at radius 3 is 2.67 bits per heavy atom. The smallest absolute Gasteiger partial charge is 0.245 e. The highest BCUT2D eigenvalue weighted by molar-refractivity contribution is 7.89. The highest BCUT2D eigenvalue weighted by atomic mass is 32.2. The van der Waals surface area contributed by atoms with Crippen LogP contribution in [0.3, 0.4) is 0 Å². The van der Waals surface area contributed by atoms with Crippen molar-refractivity contribution in [1.29, 1.82) is 0 Å². The van der Waals surface area contributed by atoms with Crippen LogP contribution in [0.4, 0.5) is 0 Å². The topological polar surface area (TPSA) is 79.7 Å². The van der Waals surface area contributed by atoms with Crippen LogP contribution < -0.4 is 0 Å². The molecule has 0 amide bonds. The maximum atomic E-state index is 13.6. The molecule has 1 aliphatic rings. The minimum atomic E-state index is -3.90. The summed E-state index contributed by atoms with van der Waals surface area (Å²) in [4.78, 5) is 4.42. The predicted octanol–water partition coefficient (Wildman–Crippen LogP) is 2.32. The molecule has 3 aromatic rings. The fraction of sp³-hybridized carbons (Fsp3) is 0.250. The Morgan fingerprint density at radius 2 is 1.85 bits per heavy atom. The van der Waals surface area contributed by atoms with Crippen LogP contribution in [0.25, 0.3) is 10.9 Å². The second kappa shape index (κ2) is 7.36. The second-order valence-electron chi connectivity index (χ2n) is 6.50. The highest BCUT2D eigenvalue weighted by Gasteiger charge is 2.34. The Bertz CT molecular complexity index is 1060. The van der Waals surface area contributed by atoms with Gasteiger partial charge in [-0.25, -0.2) is 8.42 Å². The van der Waals surface area contributed by atoms with E-state index in [1.165, 1.54) is 4.31 Å². The van der Waals surface area contributed by atoms with Gasteiger partial charge in [-0.3, -0.25) is 4.98 Å². The number of fused-ring (bicyclic) bond motifs is 2. The van der Waals surface area contributed by atoms with Crippen LogP contribution in [0.15, 0.2) is 65.7 Å². The van der Waals surface area contributed by atoms with Gasteiger partial charge in [0.2, 0.25) is 10.0 Å². The zero-order chi connectivity index (χ0) is 18.9. The molecule has 0 radical (unpaired) electrons. The van der Waals surface area contributed by atoms with E-state index >= 15 is 0 Å². The number of aliphatic hydroxyl groups excluding tert-OH is 1. The molecule has 1 aromatic heterocycles. The molecular weight excluding hydrogens is 364 g/mol. The first-order chi connectivity index (χ1) is 13.1. The number of hydrogen-bond acceptors (Lipinski definition) is 5. The second-order valence-corrected chi connectivity index (χ2v) is 8.36. The third-order valence-electron chi connectivity index (χ3n) is 4.81. The van der Waals surface area contributed by atoms with Gasteiger partial charge in [-0.05, 0) is 23.3 Å². The Labute approximate surface area is 158 Å². The van der Waals surface area contributed by atoms with E-state index < -0.39 is 16.1 Å². The molecule has 0 bridgehead atoms. The van der Waals surface area contributed by atoms with Crippen LogP contribution in [-0.4, -0.2) is 42.1 Å². The van der Waals surface area contributed by atoms with E-state index in [0.29, 0.717) is 12.1 Å². The maximum absolute atomic E-state index is 13.6. The van der Waals surface area contributed by atoms with Gasteiger partial charge >= 0.3 is 0 Å². The molecular formula is C20H20N2O4S. The van der Waals surface area contributed by atoms with Crippen molar-refractivity contribution in [2.75, 3.05) is 13.2 Å². The molecule has 2 heterocycles. The number of aromatic nitrogens is 1. The minimum absolute atomic E-state index is 0.127. The average Bonchev–Trinajstić information content (AvgIpc) is 2.68. The molecule has 0 saturated carbocycles. The van der Waals surface area contributed by atoms with E-state index in [0.717, 1.165) is 16.5 Å². The van der Waals surface area contributed by atoms with E-state index in [1.54, 1.807) is 24.4 Å². The molecule has 0 fully saturated rings. The van der Waals surface area contributed by atoms with Gasteiger partial charge in [-0.15, -0.1) is 0 Å². The summed E-state index contributed by atoms with van der Waals surface area (Å²) in [5.74, 6) is 0. The summed E-state index contributed by atoms with van der Waals surface area (Å²) in [6.45, 7) is 0.383. The summed E-state index contributed by atoms with van der Waals surface area (Å²) in [5, 5.41) is 10.6. The zero-order valence-corrected chi connectivity index (χ0v) is 15.5. The van der Waals surface area contributed by atoms with E-state index in [1.807, 2.05) is 36.4 Å². The number of benzene rings is 2. The Morgan fingerprint density at radius 1 is 1.07 bits per heavy atom. The van der Waals surface area contributed by atoms with Gasteiger partial charge in [0.05, 0.1) is 31.4 Å². The lowest BCUT2D eigenvalue weighted by atomic mass is 10.1. The van der Waals surface area contributed by atoms with Gasteiger partial charge < -0.3 is 9.84 Å². The molecule has 27 heavy (non-hydrogen) atoms. The first-order valence-corrected chi connectivity index (χ1v) is 10.2. The lowest BCUT2D eigenvalue weighted by Crippen LogP contribution is -2.45. The molecule has 0 aliphatic carbocycles. The lowest BCUT2D eigenvalue weighted by Gasteiger charge is -2.32. The fourth-order valence-corrected chi connectivity index (χ4v) is 5.12. The largest absolute Gasteiger partial charge is 0.395 e. The highest BCUT2D eigenvalue weighted by Crippen LogP contribution is 2.28. The van der Waals surface area contributed by atoms with Crippen molar-refractivity contribution in [3.8, 4) is 0 Å². The summed E-state index contributed by atoms with van der Waals surface area (Å²) >= 11 is 0. The minimum Gasteiger partial charge on any atom is -0.395 e. The molecule has 0 unspecified atom stereocenters. The zero-order valence-electron chi connectivity index (χ0n) is 14.7. The van der Waals surface area contributed by atoms with E-state index in [2.05, 4.69) is 4.98 Å². The Hall–Kier alpha value is -2.32. The molecule has 7 heteroatoms. The fourth-order valence-electron chi connectivity index (χ4n) is 3.37. The lowest BCUT2D eigenvalue weighted by molar-refractivity contribution is 0.0437.